The number of carbonyl (C=O) groups is 2. The summed E-state index contributed by atoms with van der Waals surface area (Å²) < 4.78 is 5.15. The van der Waals surface area contributed by atoms with E-state index >= 15 is 0 Å². The lowest BCUT2D eigenvalue weighted by Crippen LogP contribution is -3.11. The average Bonchev–Trinajstić information content (AvgIpc) is 3.05. The molecule has 2 aromatic rings. The molecule has 1 aliphatic rings. The van der Waals surface area contributed by atoms with Gasteiger partial charge in [0.2, 0.25) is 0 Å². The lowest BCUT2D eigenvalue weighted by Gasteiger charge is -2.20. The molecule has 0 bridgehead atoms. The van der Waals surface area contributed by atoms with Crippen LogP contribution in [0.1, 0.15) is 5.56 Å². The predicted molar refractivity (Wildman–Crippen MR) is 101 cm³/mol. The van der Waals surface area contributed by atoms with Crippen molar-refractivity contribution in [2.45, 2.75) is 6.42 Å². The summed E-state index contributed by atoms with van der Waals surface area (Å²) in [5, 5.41) is 2.84. The van der Waals surface area contributed by atoms with Crippen LogP contribution in [0.4, 0.5) is 11.4 Å². The zero-order valence-electron chi connectivity index (χ0n) is 15.1. The number of anilines is 2. The average molecular weight is 354 g/mol. The summed E-state index contributed by atoms with van der Waals surface area (Å²) >= 11 is 0. The Bertz CT molecular complexity index is 806. The van der Waals surface area contributed by atoms with Gasteiger partial charge in [0.25, 0.3) is 11.8 Å². The maximum atomic E-state index is 12.6. The first-order valence-corrected chi connectivity index (χ1v) is 8.70. The smallest absolute Gasteiger partial charge is 0.282 e. The molecular weight excluding hydrogens is 330 g/mol. The second-order valence-corrected chi connectivity index (χ2v) is 6.51. The Labute approximate surface area is 153 Å². The summed E-state index contributed by atoms with van der Waals surface area (Å²) in [7, 11) is 3.44. The van der Waals surface area contributed by atoms with Crippen LogP contribution in [0.15, 0.2) is 48.5 Å². The molecule has 136 valence electrons. The monoisotopic (exact) mass is 354 g/mol. The fourth-order valence-electron chi connectivity index (χ4n) is 3.19. The Kier molecular flexibility index (Phi) is 5.53. The van der Waals surface area contributed by atoms with Gasteiger partial charge < -0.3 is 19.9 Å². The molecule has 0 saturated carbocycles. The summed E-state index contributed by atoms with van der Waals surface area (Å²) in [6.45, 7) is 1.21. The van der Waals surface area contributed by atoms with Crippen LogP contribution in [-0.4, -0.2) is 45.6 Å². The van der Waals surface area contributed by atoms with Crippen molar-refractivity contribution in [1.29, 1.82) is 0 Å². The highest BCUT2D eigenvalue weighted by molar-refractivity contribution is 5.96. The number of nitrogens with one attached hydrogen (secondary N) is 2. The molecule has 2 N–H and O–H groups in total. The van der Waals surface area contributed by atoms with Crippen molar-refractivity contribution in [3.05, 3.63) is 54.1 Å². The number of likely N-dealkylation sites (N-methyl/N-ethyl adjacent to an activating group) is 1. The van der Waals surface area contributed by atoms with E-state index in [0.29, 0.717) is 18.0 Å². The molecule has 1 aliphatic heterocycles. The molecule has 1 heterocycles. The number of quaternary nitrogens is 1. The Morgan fingerprint density at radius 1 is 1.15 bits per heavy atom. The van der Waals surface area contributed by atoms with Crippen molar-refractivity contribution in [3.63, 3.8) is 0 Å². The van der Waals surface area contributed by atoms with Crippen LogP contribution >= 0.6 is 0 Å². The maximum absolute atomic E-state index is 12.6. The molecule has 2 amide bonds. The van der Waals surface area contributed by atoms with Crippen molar-refractivity contribution >= 4 is 23.2 Å². The number of para-hydroxylation sites is 1. The number of fused-ring (bicyclic) bond motifs is 1. The normalized spacial score (nSPS) is 13.8. The van der Waals surface area contributed by atoms with Crippen LogP contribution in [-0.2, 0) is 16.0 Å². The highest BCUT2D eigenvalue weighted by atomic mass is 16.5. The molecule has 0 spiro atoms. The van der Waals surface area contributed by atoms with E-state index in [-0.39, 0.29) is 24.9 Å². The van der Waals surface area contributed by atoms with E-state index in [4.69, 9.17) is 4.74 Å². The molecule has 0 aromatic heterocycles. The standard InChI is InChI=1S/C20H23N3O3/c1-22(13-19(24)21-16-7-5-8-17(12-16)26-2)14-20(25)23-11-10-15-6-3-4-9-18(15)23/h3-9,12H,10-11,13-14H2,1-2H3,(H,21,24)/p+1. The van der Waals surface area contributed by atoms with E-state index in [1.54, 1.807) is 13.2 Å². The molecule has 0 fully saturated rings. The molecule has 0 radical (unpaired) electrons. The van der Waals surface area contributed by atoms with Crippen molar-refractivity contribution in [3.8, 4) is 5.75 Å². The van der Waals surface area contributed by atoms with E-state index in [9.17, 15) is 9.59 Å². The number of benzene rings is 2. The second-order valence-electron chi connectivity index (χ2n) is 6.51. The summed E-state index contributed by atoms with van der Waals surface area (Å²) in [5.41, 5.74) is 2.88. The van der Waals surface area contributed by atoms with E-state index in [1.807, 2.05) is 48.3 Å². The Hall–Kier alpha value is -2.86. The number of rotatable bonds is 6. The van der Waals surface area contributed by atoms with Gasteiger partial charge in [0.1, 0.15) is 5.75 Å². The second kappa shape index (κ2) is 8.01. The van der Waals surface area contributed by atoms with Gasteiger partial charge in [-0.3, -0.25) is 9.59 Å². The first-order chi connectivity index (χ1) is 12.6. The summed E-state index contributed by atoms with van der Waals surface area (Å²) in [6, 6.07) is 15.2. The Morgan fingerprint density at radius 3 is 2.77 bits per heavy atom. The molecule has 6 heteroatoms. The van der Waals surface area contributed by atoms with E-state index in [1.165, 1.54) is 5.56 Å². The number of hydrogen-bond acceptors (Lipinski definition) is 3. The van der Waals surface area contributed by atoms with Crippen molar-refractivity contribution in [1.82, 2.24) is 0 Å². The highest BCUT2D eigenvalue weighted by Crippen LogP contribution is 2.27. The third-order valence-electron chi connectivity index (χ3n) is 4.46. The van der Waals surface area contributed by atoms with Crippen LogP contribution in [0.3, 0.4) is 0 Å². The van der Waals surface area contributed by atoms with Gasteiger partial charge in [0.05, 0.1) is 14.2 Å². The highest BCUT2D eigenvalue weighted by Gasteiger charge is 2.26. The summed E-state index contributed by atoms with van der Waals surface area (Å²) in [6.07, 6.45) is 0.886. The topological polar surface area (TPSA) is 63.1 Å². The number of ether oxygens (including phenoxy) is 1. The lowest BCUT2D eigenvalue weighted by atomic mass is 10.2. The predicted octanol–water partition coefficient (Wildman–Crippen LogP) is 0.738. The van der Waals surface area contributed by atoms with Crippen molar-refractivity contribution in [2.24, 2.45) is 0 Å². The zero-order chi connectivity index (χ0) is 18.5. The van der Waals surface area contributed by atoms with Gasteiger partial charge in [0, 0.05) is 24.0 Å². The van der Waals surface area contributed by atoms with Gasteiger partial charge in [-0.1, -0.05) is 24.3 Å². The van der Waals surface area contributed by atoms with Gasteiger partial charge in [-0.05, 0) is 30.2 Å². The van der Waals surface area contributed by atoms with Gasteiger partial charge in [0.15, 0.2) is 13.1 Å². The van der Waals surface area contributed by atoms with Gasteiger partial charge >= 0.3 is 0 Å². The molecule has 26 heavy (non-hydrogen) atoms. The molecule has 1 atom stereocenters. The van der Waals surface area contributed by atoms with E-state index in [2.05, 4.69) is 11.4 Å². The van der Waals surface area contributed by atoms with E-state index < -0.39 is 0 Å². The minimum Gasteiger partial charge on any atom is -0.497 e. The summed E-state index contributed by atoms with van der Waals surface area (Å²) in [5.74, 6) is 0.596. The molecule has 1 unspecified atom stereocenters. The number of amides is 2. The third-order valence-corrected chi connectivity index (χ3v) is 4.46. The summed E-state index contributed by atoms with van der Waals surface area (Å²) in [4.78, 5) is 27.5. The van der Waals surface area contributed by atoms with Crippen LogP contribution in [0.25, 0.3) is 0 Å². The minimum absolute atomic E-state index is 0.0432. The molecule has 0 saturated heterocycles. The Morgan fingerprint density at radius 2 is 1.96 bits per heavy atom. The molecular formula is C20H24N3O3+. The third kappa shape index (κ3) is 4.21. The van der Waals surface area contributed by atoms with Gasteiger partial charge in [-0.25, -0.2) is 0 Å². The largest absolute Gasteiger partial charge is 0.497 e. The molecule has 2 aromatic carbocycles. The molecule has 6 nitrogen and oxygen atoms in total. The Balaban J connectivity index is 1.53. The minimum atomic E-state index is -0.134. The quantitative estimate of drug-likeness (QED) is 0.804. The van der Waals surface area contributed by atoms with Gasteiger partial charge in [-0.2, -0.15) is 0 Å². The molecule has 3 rings (SSSR count). The fourth-order valence-corrected chi connectivity index (χ4v) is 3.19. The SMILES string of the molecule is COc1cccc(NC(=O)C[NH+](C)CC(=O)N2CCc3ccccc32)c1. The fraction of sp³-hybridized carbons (Fsp3) is 0.300. The maximum Gasteiger partial charge on any atom is 0.282 e. The number of nitrogens with zero attached hydrogens (tertiary/aromatic N) is 1. The number of methoxy groups -OCH3 is 1. The van der Waals surface area contributed by atoms with Crippen LogP contribution < -0.4 is 19.9 Å². The first-order valence-electron chi connectivity index (χ1n) is 8.70. The van der Waals surface area contributed by atoms with Crippen LogP contribution in [0.2, 0.25) is 0 Å². The van der Waals surface area contributed by atoms with Crippen LogP contribution in [0.5, 0.6) is 5.75 Å². The first kappa shape index (κ1) is 17.9. The number of hydrogen-bond donors (Lipinski definition) is 2. The van der Waals surface area contributed by atoms with Crippen LogP contribution in [0, 0.1) is 0 Å². The lowest BCUT2D eigenvalue weighted by molar-refractivity contribution is -0.862. The van der Waals surface area contributed by atoms with Crippen molar-refractivity contribution < 1.29 is 19.2 Å². The zero-order valence-corrected chi connectivity index (χ0v) is 15.1. The number of carbonyl (C=O) groups excluding carboxylic acids is 2. The van der Waals surface area contributed by atoms with Crippen molar-refractivity contribution in [2.75, 3.05) is 44.0 Å². The van der Waals surface area contributed by atoms with E-state index in [0.717, 1.165) is 17.0 Å². The van der Waals surface area contributed by atoms with Gasteiger partial charge in [-0.15, -0.1) is 0 Å². The molecule has 0 aliphatic carbocycles.